The molecule has 2 aromatic rings. The van der Waals surface area contributed by atoms with Crippen LogP contribution >= 0.6 is 0 Å². The zero-order chi connectivity index (χ0) is 13.7. The Morgan fingerprint density at radius 3 is 2.68 bits per heavy atom. The van der Waals surface area contributed by atoms with Gasteiger partial charge in [-0.2, -0.15) is 5.10 Å². The predicted octanol–water partition coefficient (Wildman–Crippen LogP) is 2.20. The van der Waals surface area contributed by atoms with Crippen molar-refractivity contribution in [2.45, 2.75) is 45.8 Å². The normalized spacial score (nSPS) is 14.3. The van der Waals surface area contributed by atoms with E-state index in [9.17, 15) is 0 Å². The summed E-state index contributed by atoms with van der Waals surface area (Å²) in [5.41, 5.74) is 2.77. The molecule has 0 aliphatic carbocycles. The van der Waals surface area contributed by atoms with Gasteiger partial charge in [0.2, 0.25) is 0 Å². The van der Waals surface area contributed by atoms with Gasteiger partial charge in [0.1, 0.15) is 12.7 Å². The predicted molar refractivity (Wildman–Crippen MR) is 77.0 cm³/mol. The highest BCUT2D eigenvalue weighted by Gasteiger charge is 2.10. The second-order valence-electron chi connectivity index (χ2n) is 5.22. The summed E-state index contributed by atoms with van der Waals surface area (Å²) in [4.78, 5) is 3.96. The van der Waals surface area contributed by atoms with Crippen LogP contribution in [0.3, 0.4) is 0 Å². The Labute approximate surface area is 114 Å². The first kappa shape index (κ1) is 13.7. The molecule has 1 aromatic carbocycles. The summed E-state index contributed by atoms with van der Waals surface area (Å²) in [6.45, 7) is 7.42. The standard InChI is InChI=1S/C15H22N4/c1-12-6-4-5-7-15(12)8-13(2)18-14(3)9-19-11-16-10-17-19/h4-7,10-11,13-14,18H,8-9H2,1-3H3/t13-,14+/m1/s1. The first-order valence-corrected chi connectivity index (χ1v) is 6.78. The molecular weight excluding hydrogens is 236 g/mol. The highest BCUT2D eigenvalue weighted by Crippen LogP contribution is 2.10. The van der Waals surface area contributed by atoms with Gasteiger partial charge < -0.3 is 5.32 Å². The second kappa shape index (κ2) is 6.48. The maximum atomic E-state index is 4.13. The van der Waals surface area contributed by atoms with Gasteiger partial charge in [-0.25, -0.2) is 4.98 Å². The summed E-state index contributed by atoms with van der Waals surface area (Å²) in [5, 5.41) is 7.73. The lowest BCUT2D eigenvalue weighted by Gasteiger charge is -2.20. The minimum Gasteiger partial charge on any atom is -0.310 e. The molecule has 4 heteroatoms. The molecule has 102 valence electrons. The molecule has 0 fully saturated rings. The molecule has 1 N–H and O–H groups in total. The zero-order valence-electron chi connectivity index (χ0n) is 11.9. The van der Waals surface area contributed by atoms with Crippen LogP contribution in [0.2, 0.25) is 0 Å². The summed E-state index contributed by atoms with van der Waals surface area (Å²) in [6, 6.07) is 9.38. The fourth-order valence-electron chi connectivity index (χ4n) is 2.37. The number of nitrogens with zero attached hydrogens (tertiary/aromatic N) is 3. The molecular formula is C15H22N4. The highest BCUT2D eigenvalue weighted by molar-refractivity contribution is 5.26. The van der Waals surface area contributed by atoms with Crippen LogP contribution in [0.15, 0.2) is 36.9 Å². The fraction of sp³-hybridized carbons (Fsp3) is 0.467. The maximum absolute atomic E-state index is 4.13. The number of rotatable bonds is 6. The van der Waals surface area contributed by atoms with Gasteiger partial charge in [0, 0.05) is 12.1 Å². The number of benzene rings is 1. The summed E-state index contributed by atoms with van der Waals surface area (Å²) >= 11 is 0. The van der Waals surface area contributed by atoms with Crippen LogP contribution < -0.4 is 5.32 Å². The van der Waals surface area contributed by atoms with Gasteiger partial charge in [-0.1, -0.05) is 24.3 Å². The van der Waals surface area contributed by atoms with Gasteiger partial charge in [-0.15, -0.1) is 0 Å². The van der Waals surface area contributed by atoms with E-state index in [4.69, 9.17) is 0 Å². The van der Waals surface area contributed by atoms with Gasteiger partial charge in [-0.05, 0) is 38.3 Å². The molecule has 0 spiro atoms. The molecule has 2 atom stereocenters. The Morgan fingerprint density at radius 2 is 2.00 bits per heavy atom. The van der Waals surface area contributed by atoms with Crippen LogP contribution in [0.4, 0.5) is 0 Å². The first-order chi connectivity index (χ1) is 9.15. The van der Waals surface area contributed by atoms with E-state index in [-0.39, 0.29) is 0 Å². The number of hydrogen-bond donors (Lipinski definition) is 1. The SMILES string of the molecule is Cc1ccccc1C[C@@H](C)N[C@@H](C)Cn1cncn1. The Bertz CT molecular complexity index is 493. The molecule has 0 radical (unpaired) electrons. The van der Waals surface area contributed by atoms with E-state index in [0.29, 0.717) is 12.1 Å². The molecule has 0 bridgehead atoms. The van der Waals surface area contributed by atoms with Gasteiger partial charge >= 0.3 is 0 Å². The maximum Gasteiger partial charge on any atom is 0.137 e. The van der Waals surface area contributed by atoms with Crippen molar-refractivity contribution in [1.82, 2.24) is 20.1 Å². The quantitative estimate of drug-likeness (QED) is 0.863. The smallest absolute Gasteiger partial charge is 0.137 e. The van der Waals surface area contributed by atoms with Crippen molar-refractivity contribution in [3.05, 3.63) is 48.0 Å². The first-order valence-electron chi connectivity index (χ1n) is 6.78. The van der Waals surface area contributed by atoms with E-state index in [1.54, 1.807) is 12.7 Å². The number of nitrogens with one attached hydrogen (secondary N) is 1. The largest absolute Gasteiger partial charge is 0.310 e. The minimum atomic E-state index is 0.376. The number of hydrogen-bond acceptors (Lipinski definition) is 3. The van der Waals surface area contributed by atoms with Gasteiger partial charge in [-0.3, -0.25) is 4.68 Å². The Balaban J connectivity index is 1.84. The van der Waals surface area contributed by atoms with E-state index in [1.807, 2.05) is 4.68 Å². The molecule has 1 heterocycles. The van der Waals surface area contributed by atoms with Gasteiger partial charge in [0.15, 0.2) is 0 Å². The zero-order valence-corrected chi connectivity index (χ0v) is 11.9. The van der Waals surface area contributed by atoms with Crippen molar-refractivity contribution in [1.29, 1.82) is 0 Å². The topological polar surface area (TPSA) is 42.7 Å². The Kier molecular flexibility index (Phi) is 4.68. The van der Waals surface area contributed by atoms with Crippen molar-refractivity contribution in [3.63, 3.8) is 0 Å². The molecule has 0 aliphatic heterocycles. The lowest BCUT2D eigenvalue weighted by molar-refractivity contribution is 0.405. The van der Waals surface area contributed by atoms with Crippen LogP contribution in [0.5, 0.6) is 0 Å². The summed E-state index contributed by atoms with van der Waals surface area (Å²) in [5.74, 6) is 0. The third kappa shape index (κ3) is 4.17. The summed E-state index contributed by atoms with van der Waals surface area (Å²) in [7, 11) is 0. The fourth-order valence-corrected chi connectivity index (χ4v) is 2.37. The van der Waals surface area contributed by atoms with E-state index in [1.165, 1.54) is 11.1 Å². The molecule has 0 saturated carbocycles. The van der Waals surface area contributed by atoms with Crippen LogP contribution in [-0.2, 0) is 13.0 Å². The van der Waals surface area contributed by atoms with Crippen molar-refractivity contribution in [2.75, 3.05) is 0 Å². The van der Waals surface area contributed by atoms with Crippen LogP contribution in [0.25, 0.3) is 0 Å². The lowest BCUT2D eigenvalue weighted by atomic mass is 10.0. The minimum absolute atomic E-state index is 0.376. The van der Waals surface area contributed by atoms with Crippen LogP contribution in [-0.4, -0.2) is 26.8 Å². The third-order valence-corrected chi connectivity index (χ3v) is 3.28. The highest BCUT2D eigenvalue weighted by atomic mass is 15.3. The molecule has 0 amide bonds. The average molecular weight is 258 g/mol. The second-order valence-corrected chi connectivity index (χ2v) is 5.22. The van der Waals surface area contributed by atoms with Crippen molar-refractivity contribution >= 4 is 0 Å². The van der Waals surface area contributed by atoms with E-state index < -0.39 is 0 Å². The molecule has 1 aromatic heterocycles. The van der Waals surface area contributed by atoms with Crippen LogP contribution in [0, 0.1) is 6.92 Å². The molecule has 0 aliphatic rings. The molecule has 2 rings (SSSR count). The van der Waals surface area contributed by atoms with Crippen LogP contribution in [0.1, 0.15) is 25.0 Å². The van der Waals surface area contributed by atoms with Gasteiger partial charge in [0.05, 0.1) is 6.54 Å². The van der Waals surface area contributed by atoms with E-state index >= 15 is 0 Å². The average Bonchev–Trinajstić information content (AvgIpc) is 2.84. The number of aromatic nitrogens is 3. The van der Waals surface area contributed by atoms with Crippen molar-refractivity contribution < 1.29 is 0 Å². The van der Waals surface area contributed by atoms with Gasteiger partial charge in [0.25, 0.3) is 0 Å². The summed E-state index contributed by atoms with van der Waals surface area (Å²) < 4.78 is 1.86. The van der Waals surface area contributed by atoms with Crippen molar-refractivity contribution in [3.8, 4) is 0 Å². The third-order valence-electron chi connectivity index (χ3n) is 3.28. The molecule has 0 saturated heterocycles. The molecule has 0 unspecified atom stereocenters. The van der Waals surface area contributed by atoms with E-state index in [2.05, 4.69) is 60.4 Å². The molecule has 4 nitrogen and oxygen atoms in total. The van der Waals surface area contributed by atoms with Crippen molar-refractivity contribution in [2.24, 2.45) is 0 Å². The summed E-state index contributed by atoms with van der Waals surface area (Å²) in [6.07, 6.45) is 4.38. The van der Waals surface area contributed by atoms with E-state index in [0.717, 1.165) is 13.0 Å². The Morgan fingerprint density at radius 1 is 1.21 bits per heavy atom. The monoisotopic (exact) mass is 258 g/mol. The molecule has 19 heavy (non-hydrogen) atoms. The number of aryl methyl sites for hydroxylation is 1. The lowest BCUT2D eigenvalue weighted by Crippen LogP contribution is -2.38. The Hall–Kier alpha value is -1.68.